The second-order valence-corrected chi connectivity index (χ2v) is 8.23. The van der Waals surface area contributed by atoms with E-state index in [1.54, 1.807) is 48.5 Å². The van der Waals surface area contributed by atoms with Gasteiger partial charge in [-0.25, -0.2) is 14.6 Å². The fraction of sp³-hybridized carbons (Fsp3) is 0.240. The number of imidazole rings is 1. The van der Waals surface area contributed by atoms with Crippen LogP contribution in [0, 0.1) is 6.92 Å². The second-order valence-electron chi connectivity index (χ2n) is 8.23. The lowest BCUT2D eigenvalue weighted by Gasteiger charge is -2.23. The van der Waals surface area contributed by atoms with Crippen molar-refractivity contribution in [2.24, 2.45) is 5.73 Å². The average Bonchev–Trinajstić information content (AvgIpc) is 3.48. The molecule has 1 fully saturated rings. The number of anilines is 1. The molecule has 0 radical (unpaired) electrons. The monoisotopic (exact) mass is 473 g/mol. The van der Waals surface area contributed by atoms with Gasteiger partial charge in [0, 0.05) is 30.9 Å². The predicted molar refractivity (Wildman–Crippen MR) is 132 cm³/mol. The van der Waals surface area contributed by atoms with E-state index in [1.165, 1.54) is 10.8 Å². The largest absolute Gasteiger partial charge is 0.364 e. The molecule has 0 saturated carbocycles. The number of amides is 3. The molecule has 1 aliphatic rings. The summed E-state index contributed by atoms with van der Waals surface area (Å²) in [6, 6.07) is 10.0. The zero-order valence-electron chi connectivity index (χ0n) is 19.6. The number of hydrogen-bond acceptors (Lipinski definition) is 6. The Morgan fingerprint density at radius 2 is 1.94 bits per heavy atom. The summed E-state index contributed by atoms with van der Waals surface area (Å²) >= 11 is 0. The van der Waals surface area contributed by atoms with E-state index in [0.717, 1.165) is 12.0 Å². The molecule has 10 nitrogen and oxygen atoms in total. The summed E-state index contributed by atoms with van der Waals surface area (Å²) in [6.07, 6.45) is 4.41. The van der Waals surface area contributed by atoms with Crippen molar-refractivity contribution in [3.63, 3.8) is 0 Å². The van der Waals surface area contributed by atoms with Crippen LogP contribution in [0.2, 0.25) is 0 Å². The van der Waals surface area contributed by atoms with Crippen LogP contribution in [0.25, 0.3) is 11.3 Å². The first-order valence-electron chi connectivity index (χ1n) is 11.2. The molecule has 180 valence electrons. The summed E-state index contributed by atoms with van der Waals surface area (Å²) in [7, 11) is 1.66. The Morgan fingerprint density at radius 3 is 2.57 bits per heavy atom. The van der Waals surface area contributed by atoms with E-state index in [4.69, 9.17) is 10.7 Å². The molecular weight excluding hydrogens is 446 g/mol. The van der Waals surface area contributed by atoms with Crippen LogP contribution in [0.15, 0.2) is 55.3 Å². The van der Waals surface area contributed by atoms with E-state index in [1.807, 2.05) is 13.0 Å². The molecule has 0 spiro atoms. The van der Waals surface area contributed by atoms with Crippen LogP contribution in [-0.4, -0.2) is 50.9 Å². The zero-order valence-corrected chi connectivity index (χ0v) is 19.6. The van der Waals surface area contributed by atoms with Crippen LogP contribution < -0.4 is 16.5 Å². The summed E-state index contributed by atoms with van der Waals surface area (Å²) in [5.41, 5.74) is 11.2. The Hall–Kier alpha value is -4.47. The average molecular weight is 474 g/mol. The van der Waals surface area contributed by atoms with Gasteiger partial charge in [-0.1, -0.05) is 18.7 Å². The Morgan fingerprint density at radius 1 is 1.20 bits per heavy atom. The van der Waals surface area contributed by atoms with E-state index in [0.29, 0.717) is 41.4 Å². The van der Waals surface area contributed by atoms with Gasteiger partial charge < -0.3 is 21.4 Å². The molecule has 3 aromatic rings. The van der Waals surface area contributed by atoms with Crippen LogP contribution in [0.3, 0.4) is 0 Å². The Bertz CT molecular complexity index is 1300. The number of carbonyl (C=O) groups excluding carboxylic acids is 3. The van der Waals surface area contributed by atoms with Crippen LogP contribution in [-0.2, 0) is 4.79 Å². The van der Waals surface area contributed by atoms with Crippen LogP contribution >= 0.6 is 0 Å². The number of carbonyl (C=O) groups is 3. The van der Waals surface area contributed by atoms with Crippen molar-refractivity contribution >= 4 is 23.5 Å². The van der Waals surface area contributed by atoms with Crippen LogP contribution in [0.4, 0.5) is 5.82 Å². The standard InChI is InChI=1S/C25H27N7O3/c1-4-20(33)31-13-5-6-18(31)24-30-21(22(23(26)34)32(24)27-3)16-7-9-17(10-8-16)25(35)29-19-14-15(2)11-12-28-19/h4,7-12,14,18,27H,1,5-6,13H2,2-3H3,(H2,26,34)(H,28,29,35). The molecule has 10 heteroatoms. The first kappa shape index (κ1) is 23.7. The molecule has 4 N–H and O–H groups in total. The number of primary amides is 1. The lowest BCUT2D eigenvalue weighted by Crippen LogP contribution is -2.32. The molecular formula is C25H27N7O3. The maximum Gasteiger partial charge on any atom is 0.269 e. The highest BCUT2D eigenvalue weighted by Gasteiger charge is 2.35. The van der Waals surface area contributed by atoms with Gasteiger partial charge in [0.25, 0.3) is 11.8 Å². The fourth-order valence-corrected chi connectivity index (χ4v) is 4.30. The van der Waals surface area contributed by atoms with Gasteiger partial charge in [-0.2, -0.15) is 0 Å². The van der Waals surface area contributed by atoms with E-state index in [2.05, 4.69) is 22.3 Å². The van der Waals surface area contributed by atoms with Gasteiger partial charge in [-0.3, -0.25) is 14.4 Å². The molecule has 1 aromatic carbocycles. The molecule has 3 heterocycles. The number of nitrogens with two attached hydrogens (primary N) is 1. The predicted octanol–water partition coefficient (Wildman–Crippen LogP) is 2.63. The highest BCUT2D eigenvalue weighted by atomic mass is 16.2. The third kappa shape index (κ3) is 4.63. The third-order valence-corrected chi connectivity index (χ3v) is 5.95. The van der Waals surface area contributed by atoms with Gasteiger partial charge in [0.05, 0.1) is 6.04 Å². The highest BCUT2D eigenvalue weighted by molar-refractivity contribution is 6.04. The number of benzene rings is 1. The van der Waals surface area contributed by atoms with Gasteiger partial charge in [0.2, 0.25) is 5.91 Å². The van der Waals surface area contributed by atoms with Crippen LogP contribution in [0.1, 0.15) is 51.1 Å². The fourth-order valence-electron chi connectivity index (χ4n) is 4.30. The van der Waals surface area contributed by atoms with Gasteiger partial charge >= 0.3 is 0 Å². The molecule has 2 aromatic heterocycles. The highest BCUT2D eigenvalue weighted by Crippen LogP contribution is 2.34. The minimum Gasteiger partial charge on any atom is -0.364 e. The lowest BCUT2D eigenvalue weighted by atomic mass is 10.1. The van der Waals surface area contributed by atoms with E-state index >= 15 is 0 Å². The van der Waals surface area contributed by atoms with Crippen molar-refractivity contribution in [3.05, 3.63) is 77.9 Å². The minimum absolute atomic E-state index is 0.168. The topological polar surface area (TPSA) is 135 Å². The van der Waals surface area contributed by atoms with Gasteiger partial charge in [-0.05, 0) is 55.7 Å². The van der Waals surface area contributed by atoms with Crippen LogP contribution in [0.5, 0.6) is 0 Å². The van der Waals surface area contributed by atoms with Crippen molar-refractivity contribution in [2.45, 2.75) is 25.8 Å². The smallest absolute Gasteiger partial charge is 0.269 e. The normalized spacial score (nSPS) is 15.0. The quantitative estimate of drug-likeness (QED) is 0.452. The van der Waals surface area contributed by atoms with Crippen molar-refractivity contribution in [3.8, 4) is 11.3 Å². The number of hydrogen-bond donors (Lipinski definition) is 3. The number of likely N-dealkylation sites (tertiary alicyclic amines) is 1. The van der Waals surface area contributed by atoms with Crippen molar-refractivity contribution < 1.29 is 14.4 Å². The number of rotatable bonds is 7. The summed E-state index contributed by atoms with van der Waals surface area (Å²) in [4.78, 5) is 48.0. The number of aromatic nitrogens is 3. The Labute approximate surface area is 202 Å². The molecule has 3 amide bonds. The summed E-state index contributed by atoms with van der Waals surface area (Å²) in [5, 5.41) is 2.77. The van der Waals surface area contributed by atoms with E-state index in [-0.39, 0.29) is 23.6 Å². The number of nitrogens with zero attached hydrogens (tertiary/aromatic N) is 4. The molecule has 35 heavy (non-hydrogen) atoms. The first-order chi connectivity index (χ1) is 16.8. The minimum atomic E-state index is -0.667. The summed E-state index contributed by atoms with van der Waals surface area (Å²) in [5.74, 6) is -0.200. The lowest BCUT2D eigenvalue weighted by molar-refractivity contribution is -0.127. The maximum atomic E-state index is 12.7. The Balaban J connectivity index is 1.67. The second kappa shape index (κ2) is 9.80. The van der Waals surface area contributed by atoms with Gasteiger partial charge in [-0.15, -0.1) is 0 Å². The van der Waals surface area contributed by atoms with Crippen molar-refractivity contribution in [1.82, 2.24) is 19.5 Å². The maximum absolute atomic E-state index is 12.7. The number of nitrogens with one attached hydrogen (secondary N) is 2. The molecule has 4 rings (SSSR count). The van der Waals surface area contributed by atoms with Gasteiger partial charge in [0.15, 0.2) is 11.5 Å². The number of pyridine rings is 1. The van der Waals surface area contributed by atoms with Crippen molar-refractivity contribution in [1.29, 1.82) is 0 Å². The van der Waals surface area contributed by atoms with E-state index in [9.17, 15) is 14.4 Å². The molecule has 0 aliphatic carbocycles. The molecule has 0 bridgehead atoms. The molecule has 1 aliphatic heterocycles. The Kier molecular flexibility index (Phi) is 6.63. The number of aryl methyl sites for hydroxylation is 1. The molecule has 1 unspecified atom stereocenters. The van der Waals surface area contributed by atoms with Crippen molar-refractivity contribution in [2.75, 3.05) is 24.3 Å². The summed E-state index contributed by atoms with van der Waals surface area (Å²) in [6.45, 7) is 6.07. The van der Waals surface area contributed by atoms with Gasteiger partial charge in [0.1, 0.15) is 11.5 Å². The summed E-state index contributed by atoms with van der Waals surface area (Å²) < 4.78 is 1.53. The SMILES string of the molecule is C=CC(=O)N1CCCC1c1nc(-c2ccc(C(=O)Nc3cc(C)ccn3)cc2)c(C(N)=O)n1NC. The third-order valence-electron chi connectivity index (χ3n) is 5.95. The zero-order chi connectivity index (χ0) is 25.1. The molecule has 1 atom stereocenters. The first-order valence-corrected chi connectivity index (χ1v) is 11.2. The molecule has 1 saturated heterocycles. The van der Waals surface area contributed by atoms with E-state index < -0.39 is 5.91 Å².